The standard InChI is InChI=1S/C19H20N4O3S/c1-11-14-15(20)16(19(24)23-7-9-26-10-8-23)27-18(14)22-17(21-11)12-3-5-13(25-2)6-4-12/h3-6H,7-10,20H2,1-2H3. The highest BCUT2D eigenvalue weighted by Crippen LogP contribution is 2.36. The van der Waals surface area contributed by atoms with E-state index in [4.69, 9.17) is 15.2 Å². The fraction of sp³-hybridized carbons (Fsp3) is 0.316. The van der Waals surface area contributed by atoms with Crippen molar-refractivity contribution < 1.29 is 14.3 Å². The molecule has 1 aromatic carbocycles. The van der Waals surface area contributed by atoms with E-state index in [1.807, 2.05) is 31.2 Å². The van der Waals surface area contributed by atoms with Crippen LogP contribution >= 0.6 is 11.3 Å². The smallest absolute Gasteiger partial charge is 0.266 e. The lowest BCUT2D eigenvalue weighted by Gasteiger charge is -2.26. The Morgan fingerprint density at radius 1 is 1.22 bits per heavy atom. The Hall–Kier alpha value is -2.71. The molecule has 3 heterocycles. The number of amides is 1. The number of rotatable bonds is 3. The van der Waals surface area contributed by atoms with E-state index >= 15 is 0 Å². The van der Waals surface area contributed by atoms with E-state index in [1.54, 1.807) is 12.0 Å². The van der Waals surface area contributed by atoms with Gasteiger partial charge in [-0.25, -0.2) is 9.97 Å². The van der Waals surface area contributed by atoms with Crippen LogP contribution in [0.3, 0.4) is 0 Å². The van der Waals surface area contributed by atoms with Crippen LogP contribution in [0.15, 0.2) is 24.3 Å². The number of nitrogens with two attached hydrogens (primary N) is 1. The topological polar surface area (TPSA) is 90.6 Å². The van der Waals surface area contributed by atoms with Gasteiger partial charge in [0, 0.05) is 18.7 Å². The number of nitrogen functional groups attached to an aromatic ring is 1. The van der Waals surface area contributed by atoms with Crippen molar-refractivity contribution in [1.82, 2.24) is 14.9 Å². The minimum Gasteiger partial charge on any atom is -0.497 e. The summed E-state index contributed by atoms with van der Waals surface area (Å²) >= 11 is 1.32. The molecule has 4 rings (SSSR count). The Morgan fingerprint density at radius 2 is 1.93 bits per heavy atom. The normalized spacial score (nSPS) is 14.5. The summed E-state index contributed by atoms with van der Waals surface area (Å²) in [4.78, 5) is 25.2. The lowest BCUT2D eigenvalue weighted by molar-refractivity contribution is 0.0307. The van der Waals surface area contributed by atoms with E-state index in [0.717, 1.165) is 27.2 Å². The van der Waals surface area contributed by atoms with Crippen LogP contribution < -0.4 is 10.5 Å². The maximum atomic E-state index is 12.9. The number of fused-ring (bicyclic) bond motifs is 1. The van der Waals surface area contributed by atoms with Gasteiger partial charge in [-0.3, -0.25) is 4.79 Å². The molecule has 0 atom stereocenters. The largest absolute Gasteiger partial charge is 0.497 e. The zero-order valence-electron chi connectivity index (χ0n) is 15.2. The molecule has 2 N–H and O–H groups in total. The predicted octanol–water partition coefficient (Wildman–Crippen LogP) is 2.73. The number of hydrogen-bond acceptors (Lipinski definition) is 7. The number of aryl methyl sites for hydroxylation is 1. The minimum atomic E-state index is -0.0656. The Morgan fingerprint density at radius 3 is 2.59 bits per heavy atom. The number of thiophene rings is 1. The van der Waals surface area contributed by atoms with Gasteiger partial charge in [0.2, 0.25) is 0 Å². The summed E-state index contributed by atoms with van der Waals surface area (Å²) in [5.74, 6) is 1.31. The van der Waals surface area contributed by atoms with E-state index in [9.17, 15) is 4.79 Å². The summed E-state index contributed by atoms with van der Waals surface area (Å²) in [5, 5.41) is 0.758. The molecule has 0 radical (unpaired) electrons. The average Bonchev–Trinajstić information content (AvgIpc) is 3.05. The van der Waals surface area contributed by atoms with Crippen LogP contribution in [-0.4, -0.2) is 54.2 Å². The van der Waals surface area contributed by atoms with Gasteiger partial charge in [0.1, 0.15) is 15.5 Å². The monoisotopic (exact) mass is 384 g/mol. The van der Waals surface area contributed by atoms with Gasteiger partial charge in [0.25, 0.3) is 5.91 Å². The van der Waals surface area contributed by atoms with Crippen molar-refractivity contribution in [3.63, 3.8) is 0 Å². The van der Waals surface area contributed by atoms with Gasteiger partial charge in [-0.15, -0.1) is 11.3 Å². The van der Waals surface area contributed by atoms with Crippen LogP contribution in [0.1, 0.15) is 15.4 Å². The maximum absolute atomic E-state index is 12.9. The van der Waals surface area contributed by atoms with Gasteiger partial charge >= 0.3 is 0 Å². The fourth-order valence-electron chi connectivity index (χ4n) is 3.13. The van der Waals surface area contributed by atoms with Gasteiger partial charge in [0.15, 0.2) is 5.82 Å². The molecule has 27 heavy (non-hydrogen) atoms. The van der Waals surface area contributed by atoms with Gasteiger partial charge in [-0.05, 0) is 31.2 Å². The van der Waals surface area contributed by atoms with E-state index in [0.29, 0.717) is 42.7 Å². The molecular weight excluding hydrogens is 364 g/mol. The third-order valence-electron chi connectivity index (χ3n) is 4.61. The zero-order chi connectivity index (χ0) is 19.0. The quantitative estimate of drug-likeness (QED) is 0.747. The highest BCUT2D eigenvalue weighted by molar-refractivity contribution is 7.21. The third kappa shape index (κ3) is 3.22. The maximum Gasteiger partial charge on any atom is 0.266 e. The summed E-state index contributed by atoms with van der Waals surface area (Å²) in [6, 6.07) is 7.56. The molecule has 2 aromatic heterocycles. The van der Waals surface area contributed by atoms with Crippen molar-refractivity contribution in [3.8, 4) is 17.1 Å². The molecular formula is C19H20N4O3S. The number of nitrogens with zero attached hydrogens (tertiary/aromatic N) is 3. The van der Waals surface area contributed by atoms with Crippen LogP contribution in [0, 0.1) is 6.92 Å². The second-order valence-corrected chi connectivity index (χ2v) is 7.29. The van der Waals surface area contributed by atoms with Crippen molar-refractivity contribution in [3.05, 3.63) is 34.8 Å². The van der Waals surface area contributed by atoms with Crippen LogP contribution in [0.25, 0.3) is 21.6 Å². The number of morpholine rings is 1. The SMILES string of the molecule is COc1ccc(-c2nc(C)c3c(N)c(C(=O)N4CCOCC4)sc3n2)cc1. The van der Waals surface area contributed by atoms with E-state index in [-0.39, 0.29) is 5.91 Å². The van der Waals surface area contributed by atoms with Gasteiger partial charge in [-0.1, -0.05) is 0 Å². The van der Waals surface area contributed by atoms with Gasteiger partial charge < -0.3 is 20.1 Å². The summed E-state index contributed by atoms with van der Waals surface area (Å²) in [6.45, 7) is 4.15. The van der Waals surface area contributed by atoms with E-state index < -0.39 is 0 Å². The Bertz CT molecular complexity index is 994. The summed E-state index contributed by atoms with van der Waals surface area (Å²) in [7, 11) is 1.63. The first kappa shape index (κ1) is 17.7. The second kappa shape index (κ2) is 7.13. The molecule has 1 aliphatic rings. The molecule has 0 saturated carbocycles. The Kier molecular flexibility index (Phi) is 4.67. The molecule has 7 nitrogen and oxygen atoms in total. The number of carbonyl (C=O) groups excluding carboxylic acids is 1. The van der Waals surface area contributed by atoms with Crippen LogP contribution in [-0.2, 0) is 4.74 Å². The molecule has 3 aromatic rings. The first-order valence-corrected chi connectivity index (χ1v) is 9.48. The average molecular weight is 384 g/mol. The number of ether oxygens (including phenoxy) is 2. The summed E-state index contributed by atoms with van der Waals surface area (Å²) in [5.41, 5.74) is 8.42. The zero-order valence-corrected chi connectivity index (χ0v) is 16.0. The van der Waals surface area contributed by atoms with E-state index in [2.05, 4.69) is 9.97 Å². The molecule has 0 aliphatic carbocycles. The molecule has 0 unspecified atom stereocenters. The number of methoxy groups -OCH3 is 1. The van der Waals surface area contributed by atoms with Crippen molar-refractivity contribution in [2.45, 2.75) is 6.92 Å². The van der Waals surface area contributed by atoms with Crippen LogP contribution in [0.4, 0.5) is 5.69 Å². The lowest BCUT2D eigenvalue weighted by atomic mass is 10.2. The summed E-state index contributed by atoms with van der Waals surface area (Å²) in [6.07, 6.45) is 0. The van der Waals surface area contributed by atoms with Crippen LogP contribution in [0.2, 0.25) is 0 Å². The van der Waals surface area contributed by atoms with Crippen molar-refractivity contribution in [2.24, 2.45) is 0 Å². The highest BCUT2D eigenvalue weighted by Gasteiger charge is 2.25. The molecule has 0 spiro atoms. The Balaban J connectivity index is 1.75. The predicted molar refractivity (Wildman–Crippen MR) is 105 cm³/mol. The first-order valence-electron chi connectivity index (χ1n) is 8.66. The van der Waals surface area contributed by atoms with Crippen molar-refractivity contribution in [1.29, 1.82) is 0 Å². The molecule has 1 fully saturated rings. The molecule has 1 amide bonds. The van der Waals surface area contributed by atoms with Gasteiger partial charge in [-0.2, -0.15) is 0 Å². The fourth-order valence-corrected chi connectivity index (χ4v) is 4.25. The molecule has 1 saturated heterocycles. The Labute approximate surface area is 160 Å². The summed E-state index contributed by atoms with van der Waals surface area (Å²) < 4.78 is 10.5. The second-order valence-electron chi connectivity index (χ2n) is 6.29. The molecule has 140 valence electrons. The highest BCUT2D eigenvalue weighted by atomic mass is 32.1. The molecule has 1 aliphatic heterocycles. The van der Waals surface area contributed by atoms with Crippen LogP contribution in [0.5, 0.6) is 5.75 Å². The molecule has 8 heteroatoms. The van der Waals surface area contributed by atoms with Crippen molar-refractivity contribution in [2.75, 3.05) is 39.1 Å². The van der Waals surface area contributed by atoms with Gasteiger partial charge in [0.05, 0.1) is 37.1 Å². The minimum absolute atomic E-state index is 0.0656. The lowest BCUT2D eigenvalue weighted by Crippen LogP contribution is -2.40. The first-order chi connectivity index (χ1) is 13.1. The number of anilines is 1. The number of aromatic nitrogens is 2. The third-order valence-corrected chi connectivity index (χ3v) is 5.70. The number of benzene rings is 1. The van der Waals surface area contributed by atoms with E-state index in [1.165, 1.54) is 11.3 Å². The molecule has 0 bridgehead atoms. The van der Waals surface area contributed by atoms with Crippen molar-refractivity contribution >= 4 is 33.1 Å². The number of carbonyl (C=O) groups is 1. The number of hydrogen-bond donors (Lipinski definition) is 1.